The molecule has 2 N–H and O–H groups in total. The van der Waals surface area contributed by atoms with E-state index in [4.69, 9.17) is 5.73 Å². The monoisotopic (exact) mass is 195 g/mol. The molecular formula is C8H15F2NS. The zero-order valence-corrected chi connectivity index (χ0v) is 8.04. The van der Waals surface area contributed by atoms with Gasteiger partial charge in [0.25, 0.3) is 6.43 Å². The molecule has 0 aromatic rings. The van der Waals surface area contributed by atoms with Crippen LogP contribution in [0.2, 0.25) is 0 Å². The summed E-state index contributed by atoms with van der Waals surface area (Å²) in [5.41, 5.74) is 4.29. The largest absolute Gasteiger partial charge is 0.320 e. The first-order valence-corrected chi connectivity index (χ1v) is 5.35. The first-order chi connectivity index (χ1) is 5.55. The summed E-state index contributed by atoms with van der Waals surface area (Å²) in [6.45, 7) is 1.47. The van der Waals surface area contributed by atoms with Gasteiger partial charge in [0.05, 0.1) is 5.54 Å². The molecule has 0 aromatic carbocycles. The van der Waals surface area contributed by atoms with Crippen LogP contribution in [-0.4, -0.2) is 23.5 Å². The van der Waals surface area contributed by atoms with Crippen molar-refractivity contribution in [2.24, 2.45) is 11.7 Å². The van der Waals surface area contributed by atoms with Crippen LogP contribution in [0.3, 0.4) is 0 Å². The average Bonchev–Trinajstić information content (AvgIpc) is 2.06. The Labute approximate surface area is 76.1 Å². The third-order valence-corrected chi connectivity index (χ3v) is 3.73. The van der Waals surface area contributed by atoms with Crippen LogP contribution in [0.5, 0.6) is 0 Å². The third kappa shape index (κ3) is 2.10. The van der Waals surface area contributed by atoms with Gasteiger partial charge in [-0.15, -0.1) is 0 Å². The molecule has 0 bridgehead atoms. The predicted molar refractivity (Wildman–Crippen MR) is 48.6 cm³/mol. The molecule has 0 saturated carbocycles. The molecule has 0 aromatic heterocycles. The Morgan fingerprint density at radius 2 is 2.25 bits per heavy atom. The molecule has 2 unspecified atom stereocenters. The molecule has 1 nitrogen and oxygen atoms in total. The average molecular weight is 195 g/mol. The van der Waals surface area contributed by atoms with Crippen molar-refractivity contribution < 1.29 is 8.78 Å². The summed E-state index contributed by atoms with van der Waals surface area (Å²) in [5.74, 6) is 1.86. The van der Waals surface area contributed by atoms with Gasteiger partial charge in [-0.05, 0) is 37.2 Å². The maximum Gasteiger partial charge on any atom is 0.256 e. The van der Waals surface area contributed by atoms with Gasteiger partial charge in [0.2, 0.25) is 0 Å². The van der Waals surface area contributed by atoms with Gasteiger partial charge in [-0.3, -0.25) is 0 Å². The van der Waals surface area contributed by atoms with E-state index in [-0.39, 0.29) is 5.92 Å². The lowest BCUT2D eigenvalue weighted by atomic mass is 9.85. The van der Waals surface area contributed by atoms with Crippen molar-refractivity contribution in [1.82, 2.24) is 0 Å². The number of hydrogen-bond donors (Lipinski definition) is 1. The second kappa shape index (κ2) is 3.92. The van der Waals surface area contributed by atoms with Crippen molar-refractivity contribution in [3.8, 4) is 0 Å². The van der Waals surface area contributed by atoms with E-state index in [0.29, 0.717) is 0 Å². The highest BCUT2D eigenvalue weighted by molar-refractivity contribution is 7.99. The minimum atomic E-state index is -2.40. The van der Waals surface area contributed by atoms with Gasteiger partial charge in [-0.25, -0.2) is 8.78 Å². The first kappa shape index (κ1) is 10.3. The van der Waals surface area contributed by atoms with Crippen molar-refractivity contribution in [2.75, 3.05) is 11.5 Å². The minimum absolute atomic E-state index is 0.0174. The molecule has 0 spiro atoms. The number of rotatable bonds is 2. The smallest absolute Gasteiger partial charge is 0.256 e. The van der Waals surface area contributed by atoms with E-state index in [9.17, 15) is 8.78 Å². The van der Waals surface area contributed by atoms with Crippen LogP contribution in [0.4, 0.5) is 8.78 Å². The van der Waals surface area contributed by atoms with Gasteiger partial charge in [0.1, 0.15) is 0 Å². The maximum atomic E-state index is 12.5. The zero-order chi connectivity index (χ0) is 9.19. The van der Waals surface area contributed by atoms with Crippen LogP contribution < -0.4 is 5.73 Å². The molecule has 4 heteroatoms. The second-order valence-electron chi connectivity index (χ2n) is 3.58. The Balaban J connectivity index is 2.53. The second-order valence-corrected chi connectivity index (χ2v) is 4.73. The summed E-state index contributed by atoms with van der Waals surface area (Å²) < 4.78 is 24.9. The number of thioether (sulfide) groups is 1. The van der Waals surface area contributed by atoms with Crippen LogP contribution in [0.1, 0.15) is 19.8 Å². The van der Waals surface area contributed by atoms with Crippen LogP contribution in [0, 0.1) is 5.92 Å². The summed E-state index contributed by atoms with van der Waals surface area (Å²) >= 11 is 1.73. The maximum absolute atomic E-state index is 12.5. The lowest BCUT2D eigenvalue weighted by Crippen LogP contribution is -2.52. The molecular weight excluding hydrogens is 180 g/mol. The zero-order valence-electron chi connectivity index (χ0n) is 7.22. The van der Waals surface area contributed by atoms with Gasteiger partial charge >= 0.3 is 0 Å². The van der Waals surface area contributed by atoms with E-state index in [1.807, 2.05) is 0 Å². The predicted octanol–water partition coefficient (Wildman–Crippen LogP) is 2.11. The summed E-state index contributed by atoms with van der Waals surface area (Å²) in [6.07, 6.45) is -0.527. The fraction of sp³-hybridized carbons (Fsp3) is 1.00. The molecule has 12 heavy (non-hydrogen) atoms. The van der Waals surface area contributed by atoms with Crippen molar-refractivity contribution in [2.45, 2.75) is 31.7 Å². The molecule has 0 aliphatic carbocycles. The quantitative estimate of drug-likeness (QED) is 0.730. The number of hydrogen-bond acceptors (Lipinski definition) is 2. The van der Waals surface area contributed by atoms with Gasteiger partial charge in [0, 0.05) is 0 Å². The molecule has 1 aliphatic heterocycles. The molecule has 0 radical (unpaired) electrons. The molecule has 1 fully saturated rings. The van der Waals surface area contributed by atoms with Crippen molar-refractivity contribution in [3.63, 3.8) is 0 Å². The van der Waals surface area contributed by atoms with E-state index in [0.717, 1.165) is 24.3 Å². The summed E-state index contributed by atoms with van der Waals surface area (Å²) in [5, 5.41) is 0. The van der Waals surface area contributed by atoms with E-state index < -0.39 is 12.0 Å². The topological polar surface area (TPSA) is 26.0 Å². The fourth-order valence-corrected chi connectivity index (χ4v) is 2.76. The summed E-state index contributed by atoms with van der Waals surface area (Å²) in [6, 6.07) is 0. The Kier molecular flexibility index (Phi) is 3.35. The molecule has 1 aliphatic rings. The van der Waals surface area contributed by atoms with Crippen LogP contribution in [0.15, 0.2) is 0 Å². The number of nitrogens with two attached hydrogens (primary N) is 1. The third-order valence-electron chi connectivity index (χ3n) is 2.51. The molecule has 1 saturated heterocycles. The lowest BCUT2D eigenvalue weighted by molar-refractivity contribution is 0.0314. The standard InChI is InChI=1S/C8H15F2NS/c1-8(11,7(9)10)6-3-2-4-12-5-6/h6-7H,2-5,11H2,1H3. The first-order valence-electron chi connectivity index (χ1n) is 4.20. The normalized spacial score (nSPS) is 30.2. The van der Waals surface area contributed by atoms with Crippen LogP contribution >= 0.6 is 11.8 Å². The fourth-order valence-electron chi connectivity index (χ4n) is 1.41. The number of halogens is 2. The van der Waals surface area contributed by atoms with Crippen LogP contribution in [0.25, 0.3) is 0 Å². The molecule has 2 atom stereocenters. The summed E-state index contributed by atoms with van der Waals surface area (Å²) in [4.78, 5) is 0. The van der Waals surface area contributed by atoms with Gasteiger partial charge < -0.3 is 5.73 Å². The van der Waals surface area contributed by atoms with Gasteiger partial charge in [-0.2, -0.15) is 11.8 Å². The van der Waals surface area contributed by atoms with Gasteiger partial charge in [-0.1, -0.05) is 0 Å². The SMILES string of the molecule is CC(N)(C(F)F)C1CCCSC1. The minimum Gasteiger partial charge on any atom is -0.320 e. The van der Waals surface area contributed by atoms with E-state index >= 15 is 0 Å². The van der Waals surface area contributed by atoms with Crippen molar-refractivity contribution in [1.29, 1.82) is 0 Å². The number of alkyl halides is 2. The van der Waals surface area contributed by atoms with Crippen LogP contribution in [-0.2, 0) is 0 Å². The molecule has 1 heterocycles. The molecule has 0 amide bonds. The Bertz CT molecular complexity index is 144. The summed E-state index contributed by atoms with van der Waals surface area (Å²) in [7, 11) is 0. The van der Waals surface area contributed by atoms with E-state index in [1.165, 1.54) is 6.92 Å². The Morgan fingerprint density at radius 3 is 2.67 bits per heavy atom. The highest BCUT2D eigenvalue weighted by Crippen LogP contribution is 2.33. The van der Waals surface area contributed by atoms with Crippen molar-refractivity contribution >= 4 is 11.8 Å². The highest BCUT2D eigenvalue weighted by atomic mass is 32.2. The van der Waals surface area contributed by atoms with Gasteiger partial charge in [0.15, 0.2) is 0 Å². The highest BCUT2D eigenvalue weighted by Gasteiger charge is 2.39. The Hall–Kier alpha value is 0.170. The lowest BCUT2D eigenvalue weighted by Gasteiger charge is -2.35. The molecule has 1 rings (SSSR count). The molecule has 72 valence electrons. The van der Waals surface area contributed by atoms with Crippen molar-refractivity contribution in [3.05, 3.63) is 0 Å². The van der Waals surface area contributed by atoms with E-state index in [1.54, 1.807) is 11.8 Å². The Morgan fingerprint density at radius 1 is 1.58 bits per heavy atom. The van der Waals surface area contributed by atoms with E-state index in [2.05, 4.69) is 0 Å².